The van der Waals surface area contributed by atoms with Gasteiger partial charge in [0.25, 0.3) is 0 Å². The van der Waals surface area contributed by atoms with Crippen molar-refractivity contribution in [1.29, 1.82) is 0 Å². The zero-order valence-electron chi connectivity index (χ0n) is 12.3. The van der Waals surface area contributed by atoms with E-state index in [4.69, 9.17) is 14.6 Å². The molecule has 0 saturated heterocycles. The predicted molar refractivity (Wildman–Crippen MR) is 73.5 cm³/mol. The van der Waals surface area contributed by atoms with E-state index in [-0.39, 0.29) is 31.7 Å². The van der Waals surface area contributed by atoms with Crippen LogP contribution in [0.25, 0.3) is 0 Å². The molecule has 1 rings (SSSR count). The topological polar surface area (TPSA) is 76.1 Å². The highest BCUT2D eigenvalue weighted by molar-refractivity contribution is 5.82. The van der Waals surface area contributed by atoms with E-state index in [0.717, 1.165) is 19.3 Å². The molecule has 20 heavy (non-hydrogen) atoms. The van der Waals surface area contributed by atoms with Crippen LogP contribution >= 0.6 is 0 Å². The molecule has 6 heteroatoms. The van der Waals surface area contributed by atoms with Crippen LogP contribution in [0.3, 0.4) is 0 Å². The summed E-state index contributed by atoms with van der Waals surface area (Å²) in [6.45, 7) is 2.36. The second-order valence-electron chi connectivity index (χ2n) is 5.31. The van der Waals surface area contributed by atoms with Crippen LogP contribution in [0.4, 0.5) is 0 Å². The maximum atomic E-state index is 12.0. The largest absolute Gasteiger partial charge is 0.480 e. The Labute approximate surface area is 120 Å². The summed E-state index contributed by atoms with van der Waals surface area (Å²) in [5, 5.41) is 8.82. The van der Waals surface area contributed by atoms with Gasteiger partial charge >= 0.3 is 5.97 Å². The molecule has 0 spiro atoms. The fourth-order valence-corrected chi connectivity index (χ4v) is 2.46. The zero-order chi connectivity index (χ0) is 15.0. The molecule has 0 aliphatic heterocycles. The molecule has 0 radical (unpaired) electrons. The molecule has 1 amide bonds. The van der Waals surface area contributed by atoms with Crippen LogP contribution in [0.15, 0.2) is 0 Å². The maximum absolute atomic E-state index is 12.0. The molecule has 1 fully saturated rings. The van der Waals surface area contributed by atoms with E-state index >= 15 is 0 Å². The van der Waals surface area contributed by atoms with Gasteiger partial charge in [-0.25, -0.2) is 0 Å². The molecular formula is C14H25NO5. The number of carboxylic acid groups (broad SMARTS) is 1. The van der Waals surface area contributed by atoms with Crippen LogP contribution in [0.2, 0.25) is 0 Å². The van der Waals surface area contributed by atoms with Crippen molar-refractivity contribution in [2.45, 2.75) is 38.7 Å². The molecule has 6 nitrogen and oxygen atoms in total. The Balaban J connectivity index is 2.41. The Hall–Kier alpha value is -1.14. The number of ether oxygens (including phenoxy) is 2. The molecule has 2 atom stereocenters. The Morgan fingerprint density at radius 1 is 1.30 bits per heavy atom. The number of methoxy groups -OCH3 is 1. The lowest BCUT2D eigenvalue weighted by molar-refractivity contribution is -0.149. The van der Waals surface area contributed by atoms with Gasteiger partial charge in [-0.2, -0.15) is 0 Å². The molecule has 116 valence electrons. The fraction of sp³-hybridized carbons (Fsp3) is 0.857. The van der Waals surface area contributed by atoms with Gasteiger partial charge < -0.3 is 19.5 Å². The Morgan fingerprint density at radius 2 is 2.00 bits per heavy atom. The minimum absolute atomic E-state index is 0.0496. The minimum Gasteiger partial charge on any atom is -0.480 e. The average molecular weight is 287 g/mol. The lowest BCUT2D eigenvalue weighted by Gasteiger charge is -2.29. The molecule has 0 aromatic carbocycles. The van der Waals surface area contributed by atoms with Crippen LogP contribution in [-0.4, -0.2) is 61.4 Å². The number of carboxylic acids is 1. The molecular weight excluding hydrogens is 262 g/mol. The highest BCUT2D eigenvalue weighted by atomic mass is 16.5. The summed E-state index contributed by atoms with van der Waals surface area (Å²) < 4.78 is 10.6. The number of amides is 1. The highest BCUT2D eigenvalue weighted by Gasteiger charge is 2.24. The smallest absolute Gasteiger partial charge is 0.323 e. The third-order valence-electron chi connectivity index (χ3n) is 3.70. The molecule has 1 aliphatic rings. The number of hydrogen-bond acceptors (Lipinski definition) is 4. The second-order valence-corrected chi connectivity index (χ2v) is 5.31. The molecule has 0 bridgehead atoms. The van der Waals surface area contributed by atoms with E-state index in [2.05, 4.69) is 6.92 Å². The average Bonchev–Trinajstić information content (AvgIpc) is 2.41. The van der Waals surface area contributed by atoms with Crippen LogP contribution in [0.5, 0.6) is 0 Å². The van der Waals surface area contributed by atoms with Crippen molar-refractivity contribution in [2.75, 3.05) is 33.4 Å². The Morgan fingerprint density at radius 3 is 2.60 bits per heavy atom. The molecule has 0 heterocycles. The number of carbonyl (C=O) groups excluding carboxylic acids is 1. The van der Waals surface area contributed by atoms with Crippen molar-refractivity contribution >= 4 is 11.9 Å². The summed E-state index contributed by atoms with van der Waals surface area (Å²) in [4.78, 5) is 24.0. The third-order valence-corrected chi connectivity index (χ3v) is 3.70. The SMILES string of the molecule is COCCN(CC(=O)O)C(=O)COC1CCCCC1C. The van der Waals surface area contributed by atoms with Gasteiger partial charge in [0.15, 0.2) is 0 Å². The van der Waals surface area contributed by atoms with Crippen LogP contribution in [0.1, 0.15) is 32.6 Å². The van der Waals surface area contributed by atoms with E-state index in [0.29, 0.717) is 12.5 Å². The monoisotopic (exact) mass is 287 g/mol. The predicted octanol–water partition coefficient (Wildman–Crippen LogP) is 1.14. The quantitative estimate of drug-likeness (QED) is 0.724. The fourth-order valence-electron chi connectivity index (χ4n) is 2.46. The van der Waals surface area contributed by atoms with Gasteiger partial charge in [0.05, 0.1) is 12.7 Å². The van der Waals surface area contributed by atoms with Crippen molar-refractivity contribution in [3.8, 4) is 0 Å². The van der Waals surface area contributed by atoms with E-state index in [1.807, 2.05) is 0 Å². The van der Waals surface area contributed by atoms with Gasteiger partial charge in [-0.3, -0.25) is 9.59 Å². The van der Waals surface area contributed by atoms with Gasteiger partial charge in [-0.1, -0.05) is 19.8 Å². The standard InChI is InChI=1S/C14H25NO5/c1-11-5-3-4-6-12(11)20-10-13(16)15(7-8-19-2)9-14(17)18/h11-12H,3-10H2,1-2H3,(H,17,18). The van der Waals surface area contributed by atoms with Crippen molar-refractivity contribution < 1.29 is 24.2 Å². The van der Waals surface area contributed by atoms with E-state index < -0.39 is 5.97 Å². The number of carbonyl (C=O) groups is 2. The van der Waals surface area contributed by atoms with E-state index in [9.17, 15) is 9.59 Å². The van der Waals surface area contributed by atoms with Gasteiger partial charge in [0.1, 0.15) is 13.2 Å². The summed E-state index contributed by atoms with van der Waals surface area (Å²) in [6.07, 6.45) is 4.56. The molecule has 2 unspecified atom stereocenters. The zero-order valence-corrected chi connectivity index (χ0v) is 12.3. The Kier molecular flexibility index (Phi) is 7.54. The summed E-state index contributed by atoms with van der Waals surface area (Å²) in [7, 11) is 1.52. The number of hydrogen-bond donors (Lipinski definition) is 1. The Bertz CT molecular complexity index is 321. The summed E-state index contributed by atoms with van der Waals surface area (Å²) >= 11 is 0. The summed E-state index contributed by atoms with van der Waals surface area (Å²) in [6, 6.07) is 0. The lowest BCUT2D eigenvalue weighted by atomic mass is 9.88. The van der Waals surface area contributed by atoms with E-state index in [1.165, 1.54) is 18.4 Å². The molecule has 0 aromatic rings. The molecule has 0 aromatic heterocycles. The van der Waals surface area contributed by atoms with Gasteiger partial charge in [0.2, 0.25) is 5.91 Å². The van der Waals surface area contributed by atoms with Crippen molar-refractivity contribution in [2.24, 2.45) is 5.92 Å². The third kappa shape index (κ3) is 5.88. The van der Waals surface area contributed by atoms with Crippen LogP contribution < -0.4 is 0 Å². The van der Waals surface area contributed by atoms with Crippen LogP contribution in [-0.2, 0) is 19.1 Å². The first-order valence-electron chi connectivity index (χ1n) is 7.14. The maximum Gasteiger partial charge on any atom is 0.323 e. The second kappa shape index (κ2) is 8.92. The molecule has 1 aliphatic carbocycles. The van der Waals surface area contributed by atoms with Crippen molar-refractivity contribution in [3.63, 3.8) is 0 Å². The van der Waals surface area contributed by atoms with Crippen molar-refractivity contribution in [1.82, 2.24) is 4.90 Å². The van der Waals surface area contributed by atoms with Gasteiger partial charge in [-0.15, -0.1) is 0 Å². The van der Waals surface area contributed by atoms with Gasteiger partial charge in [-0.05, 0) is 18.8 Å². The van der Waals surface area contributed by atoms with E-state index in [1.54, 1.807) is 0 Å². The molecule has 1 N–H and O–H groups in total. The minimum atomic E-state index is -1.03. The first-order chi connectivity index (χ1) is 9.54. The number of aliphatic carboxylic acids is 1. The number of rotatable bonds is 8. The number of nitrogens with zero attached hydrogens (tertiary/aromatic N) is 1. The van der Waals surface area contributed by atoms with Crippen LogP contribution in [0, 0.1) is 5.92 Å². The summed E-state index contributed by atoms with van der Waals surface area (Å²) in [5.74, 6) is -0.855. The van der Waals surface area contributed by atoms with Crippen molar-refractivity contribution in [3.05, 3.63) is 0 Å². The first-order valence-corrected chi connectivity index (χ1v) is 7.14. The highest BCUT2D eigenvalue weighted by Crippen LogP contribution is 2.26. The first kappa shape index (κ1) is 16.9. The summed E-state index contributed by atoms with van der Waals surface area (Å²) in [5.41, 5.74) is 0. The van der Waals surface area contributed by atoms with Gasteiger partial charge in [0, 0.05) is 13.7 Å². The molecule has 1 saturated carbocycles. The lowest BCUT2D eigenvalue weighted by Crippen LogP contribution is -2.41. The normalized spacial score (nSPS) is 22.5.